The standard InChI is InChI=1S/C14H22FN3O4S2/c1-3-8-23(19,20)17-14-5-4-12(9-13(14)15)24(21,22)18-7-6-16-10-11(18)2/h4-5,9,11,16-17H,3,6-8,10H2,1-2H3. The molecule has 0 aliphatic carbocycles. The third kappa shape index (κ3) is 4.24. The molecule has 1 aliphatic rings. The zero-order valence-electron chi connectivity index (χ0n) is 13.6. The Morgan fingerprint density at radius 2 is 2.04 bits per heavy atom. The number of rotatable bonds is 6. The molecule has 0 aromatic heterocycles. The Hall–Kier alpha value is -1.23. The monoisotopic (exact) mass is 379 g/mol. The van der Waals surface area contributed by atoms with E-state index in [-0.39, 0.29) is 22.4 Å². The van der Waals surface area contributed by atoms with E-state index >= 15 is 0 Å². The van der Waals surface area contributed by atoms with Crippen molar-refractivity contribution in [2.45, 2.75) is 31.2 Å². The first-order valence-electron chi connectivity index (χ1n) is 7.70. The molecule has 0 saturated carbocycles. The predicted octanol–water partition coefficient (Wildman–Crippen LogP) is 0.960. The molecule has 1 saturated heterocycles. The number of piperazine rings is 1. The molecule has 136 valence electrons. The molecule has 1 aromatic carbocycles. The van der Waals surface area contributed by atoms with E-state index in [9.17, 15) is 21.2 Å². The van der Waals surface area contributed by atoms with Crippen LogP contribution >= 0.6 is 0 Å². The first-order valence-corrected chi connectivity index (χ1v) is 10.8. The second-order valence-electron chi connectivity index (χ2n) is 5.73. The van der Waals surface area contributed by atoms with Gasteiger partial charge in [0.15, 0.2) is 0 Å². The van der Waals surface area contributed by atoms with Crippen molar-refractivity contribution in [2.75, 3.05) is 30.1 Å². The molecule has 0 radical (unpaired) electrons. The van der Waals surface area contributed by atoms with Gasteiger partial charge < -0.3 is 5.32 Å². The predicted molar refractivity (Wildman–Crippen MR) is 90.3 cm³/mol. The summed E-state index contributed by atoms with van der Waals surface area (Å²) in [4.78, 5) is -0.188. The quantitative estimate of drug-likeness (QED) is 0.768. The lowest BCUT2D eigenvalue weighted by atomic mass is 10.3. The Labute approximate surface area is 142 Å². The summed E-state index contributed by atoms with van der Waals surface area (Å²) in [6, 6.07) is 2.97. The second-order valence-corrected chi connectivity index (χ2v) is 9.46. The van der Waals surface area contributed by atoms with Gasteiger partial charge in [0.25, 0.3) is 0 Å². The van der Waals surface area contributed by atoms with Crippen molar-refractivity contribution in [1.82, 2.24) is 9.62 Å². The molecule has 2 rings (SSSR count). The van der Waals surface area contributed by atoms with Crippen molar-refractivity contribution in [3.05, 3.63) is 24.0 Å². The average molecular weight is 379 g/mol. The number of hydrogen-bond acceptors (Lipinski definition) is 5. The van der Waals surface area contributed by atoms with E-state index in [0.29, 0.717) is 26.1 Å². The molecule has 0 amide bonds. The van der Waals surface area contributed by atoms with Gasteiger partial charge in [-0.1, -0.05) is 6.92 Å². The van der Waals surface area contributed by atoms with Crippen LogP contribution in [0.3, 0.4) is 0 Å². The van der Waals surface area contributed by atoms with Crippen molar-refractivity contribution < 1.29 is 21.2 Å². The third-order valence-corrected chi connectivity index (χ3v) is 7.21. The lowest BCUT2D eigenvalue weighted by molar-refractivity contribution is 0.284. The lowest BCUT2D eigenvalue weighted by Gasteiger charge is -2.32. The maximum Gasteiger partial charge on any atom is 0.243 e. The summed E-state index contributed by atoms with van der Waals surface area (Å²) >= 11 is 0. The zero-order valence-corrected chi connectivity index (χ0v) is 15.3. The van der Waals surface area contributed by atoms with Crippen LogP contribution in [-0.4, -0.2) is 52.6 Å². The summed E-state index contributed by atoms with van der Waals surface area (Å²) in [7, 11) is -7.47. The maximum absolute atomic E-state index is 14.2. The lowest BCUT2D eigenvalue weighted by Crippen LogP contribution is -2.52. The summed E-state index contributed by atoms with van der Waals surface area (Å²) in [5.41, 5.74) is -0.254. The van der Waals surface area contributed by atoms with Gasteiger partial charge in [-0.3, -0.25) is 4.72 Å². The molecular formula is C14H22FN3O4S2. The molecule has 1 fully saturated rings. The Morgan fingerprint density at radius 3 is 2.62 bits per heavy atom. The number of anilines is 1. The molecule has 1 heterocycles. The Morgan fingerprint density at radius 1 is 1.33 bits per heavy atom. The molecule has 1 aromatic rings. The zero-order chi connectivity index (χ0) is 18.0. The largest absolute Gasteiger partial charge is 0.314 e. The van der Waals surface area contributed by atoms with Crippen molar-refractivity contribution in [2.24, 2.45) is 0 Å². The molecule has 1 atom stereocenters. The van der Waals surface area contributed by atoms with Crippen LogP contribution < -0.4 is 10.0 Å². The highest BCUT2D eigenvalue weighted by Crippen LogP contribution is 2.24. The smallest absolute Gasteiger partial charge is 0.243 e. The van der Waals surface area contributed by atoms with E-state index in [2.05, 4.69) is 10.0 Å². The summed E-state index contributed by atoms with van der Waals surface area (Å²) in [5.74, 6) is -1.05. The molecular weight excluding hydrogens is 357 g/mol. The molecule has 0 bridgehead atoms. The van der Waals surface area contributed by atoms with Crippen LogP contribution in [0.4, 0.5) is 10.1 Å². The van der Waals surface area contributed by atoms with E-state index < -0.39 is 25.9 Å². The van der Waals surface area contributed by atoms with Crippen LogP contribution in [0.5, 0.6) is 0 Å². The van der Waals surface area contributed by atoms with Crippen LogP contribution in [0.15, 0.2) is 23.1 Å². The van der Waals surface area contributed by atoms with Gasteiger partial charge in [0.1, 0.15) is 5.82 Å². The molecule has 0 spiro atoms. The van der Waals surface area contributed by atoms with E-state index in [1.54, 1.807) is 13.8 Å². The van der Waals surface area contributed by atoms with Crippen LogP contribution in [0.1, 0.15) is 20.3 Å². The number of nitrogens with one attached hydrogen (secondary N) is 2. The minimum Gasteiger partial charge on any atom is -0.314 e. The van der Waals surface area contributed by atoms with Gasteiger partial charge in [-0.15, -0.1) is 0 Å². The van der Waals surface area contributed by atoms with Crippen molar-refractivity contribution in [3.8, 4) is 0 Å². The van der Waals surface area contributed by atoms with Gasteiger partial charge >= 0.3 is 0 Å². The molecule has 24 heavy (non-hydrogen) atoms. The molecule has 1 unspecified atom stereocenters. The normalized spacial score (nSPS) is 20.0. The topological polar surface area (TPSA) is 95.6 Å². The second kappa shape index (κ2) is 7.34. The first-order chi connectivity index (χ1) is 11.2. The average Bonchev–Trinajstić information content (AvgIpc) is 2.49. The maximum atomic E-state index is 14.2. The Kier molecular flexibility index (Phi) is 5.84. The molecule has 2 N–H and O–H groups in total. The summed E-state index contributed by atoms with van der Waals surface area (Å²) in [5, 5.41) is 3.09. The number of hydrogen-bond donors (Lipinski definition) is 2. The van der Waals surface area contributed by atoms with Gasteiger partial charge in [-0.25, -0.2) is 21.2 Å². The molecule has 10 heteroatoms. The van der Waals surface area contributed by atoms with Crippen LogP contribution in [-0.2, 0) is 20.0 Å². The van der Waals surface area contributed by atoms with E-state index in [1.807, 2.05) is 0 Å². The Balaban J connectivity index is 2.28. The van der Waals surface area contributed by atoms with Crippen molar-refractivity contribution >= 4 is 25.7 Å². The van der Waals surface area contributed by atoms with Gasteiger partial charge in [0.05, 0.1) is 16.3 Å². The van der Waals surface area contributed by atoms with E-state index in [1.165, 1.54) is 10.4 Å². The van der Waals surface area contributed by atoms with Crippen LogP contribution in [0, 0.1) is 5.82 Å². The fourth-order valence-corrected chi connectivity index (χ4v) is 5.32. The van der Waals surface area contributed by atoms with Gasteiger partial charge in [0.2, 0.25) is 20.0 Å². The number of nitrogens with zero attached hydrogens (tertiary/aromatic N) is 1. The van der Waals surface area contributed by atoms with Crippen LogP contribution in [0.2, 0.25) is 0 Å². The number of sulfonamides is 2. The summed E-state index contributed by atoms with van der Waals surface area (Å²) in [6.07, 6.45) is 0.393. The third-order valence-electron chi connectivity index (χ3n) is 3.73. The van der Waals surface area contributed by atoms with E-state index in [0.717, 1.165) is 12.1 Å². The molecule has 7 nitrogen and oxygen atoms in total. The van der Waals surface area contributed by atoms with Crippen LogP contribution in [0.25, 0.3) is 0 Å². The fourth-order valence-electron chi connectivity index (χ4n) is 2.54. The SMILES string of the molecule is CCCS(=O)(=O)Nc1ccc(S(=O)(=O)N2CCNCC2C)cc1F. The number of halogens is 1. The highest BCUT2D eigenvalue weighted by molar-refractivity contribution is 7.92. The number of benzene rings is 1. The highest BCUT2D eigenvalue weighted by atomic mass is 32.2. The van der Waals surface area contributed by atoms with Gasteiger partial charge in [0, 0.05) is 25.7 Å². The minimum absolute atomic E-state index is 0.134. The summed E-state index contributed by atoms with van der Waals surface area (Å²) in [6.45, 7) is 4.82. The van der Waals surface area contributed by atoms with Crippen molar-refractivity contribution in [3.63, 3.8) is 0 Å². The highest BCUT2D eigenvalue weighted by Gasteiger charge is 2.31. The van der Waals surface area contributed by atoms with Crippen molar-refractivity contribution in [1.29, 1.82) is 0 Å². The summed E-state index contributed by atoms with van der Waals surface area (Å²) < 4.78 is 66.4. The fraction of sp³-hybridized carbons (Fsp3) is 0.571. The van der Waals surface area contributed by atoms with Gasteiger partial charge in [-0.2, -0.15) is 4.31 Å². The molecule has 1 aliphatic heterocycles. The van der Waals surface area contributed by atoms with E-state index in [4.69, 9.17) is 0 Å². The van der Waals surface area contributed by atoms with Gasteiger partial charge in [-0.05, 0) is 31.5 Å². The first kappa shape index (κ1) is 19.1. The Bertz CT molecular complexity index is 796. The minimum atomic E-state index is -3.83.